The van der Waals surface area contributed by atoms with Crippen LogP contribution in [0.5, 0.6) is 0 Å². The van der Waals surface area contributed by atoms with E-state index in [0.29, 0.717) is 0 Å². The van der Waals surface area contributed by atoms with E-state index in [-0.39, 0.29) is 0 Å². The van der Waals surface area contributed by atoms with Gasteiger partial charge in [-0.15, -0.1) is 0 Å². The maximum atomic E-state index is 5.51. The van der Waals surface area contributed by atoms with E-state index in [1.54, 1.807) is 0 Å². The standard InChI is InChI=1S/C21H47NSi/c1-23(2,3)21-19-17-15-13-11-9-7-5-4-6-8-10-12-14-16-18-20-22/h4-22H2,1-3H3. The fraction of sp³-hybridized carbons (Fsp3) is 1.00. The summed E-state index contributed by atoms with van der Waals surface area (Å²) in [5, 5.41) is 0. The van der Waals surface area contributed by atoms with Crippen molar-refractivity contribution in [3.05, 3.63) is 0 Å². The molecule has 0 rings (SSSR count). The molecule has 2 heteroatoms. The predicted molar refractivity (Wildman–Crippen MR) is 111 cm³/mol. The van der Waals surface area contributed by atoms with Crippen molar-refractivity contribution in [2.45, 2.75) is 128 Å². The minimum absolute atomic E-state index is 0.771. The second-order valence-electron chi connectivity index (χ2n) is 8.76. The number of rotatable bonds is 18. The molecule has 0 bridgehead atoms. The molecule has 0 saturated carbocycles. The Morgan fingerprint density at radius 3 is 0.957 bits per heavy atom. The highest BCUT2D eigenvalue weighted by Crippen LogP contribution is 2.16. The van der Waals surface area contributed by atoms with Gasteiger partial charge >= 0.3 is 0 Å². The van der Waals surface area contributed by atoms with Crippen molar-refractivity contribution in [1.29, 1.82) is 0 Å². The van der Waals surface area contributed by atoms with Crippen LogP contribution < -0.4 is 5.73 Å². The van der Waals surface area contributed by atoms with Crippen LogP contribution in [-0.2, 0) is 0 Å². The summed E-state index contributed by atoms with van der Waals surface area (Å²) in [7, 11) is -0.771. The molecule has 0 spiro atoms. The molecule has 140 valence electrons. The molecule has 0 aromatic carbocycles. The molecular formula is C21H47NSi. The first kappa shape index (κ1) is 23.2. The minimum Gasteiger partial charge on any atom is -0.330 e. The number of nitrogens with two attached hydrogens (primary N) is 1. The Hall–Kier alpha value is 0.177. The Morgan fingerprint density at radius 2 is 0.696 bits per heavy atom. The van der Waals surface area contributed by atoms with Gasteiger partial charge in [0.05, 0.1) is 0 Å². The second-order valence-corrected chi connectivity index (χ2v) is 14.4. The summed E-state index contributed by atoms with van der Waals surface area (Å²) in [6.07, 6.45) is 23.1. The van der Waals surface area contributed by atoms with Crippen LogP contribution in [0.2, 0.25) is 25.7 Å². The molecule has 0 aromatic heterocycles. The first-order chi connectivity index (χ1) is 11.1. The molecule has 0 aliphatic carbocycles. The van der Waals surface area contributed by atoms with Gasteiger partial charge in [0.2, 0.25) is 0 Å². The summed E-state index contributed by atoms with van der Waals surface area (Å²) >= 11 is 0. The third-order valence-electron chi connectivity index (χ3n) is 4.88. The minimum atomic E-state index is -0.771. The molecule has 0 radical (unpaired) electrons. The highest BCUT2D eigenvalue weighted by atomic mass is 28.3. The summed E-state index contributed by atoms with van der Waals surface area (Å²) in [5.41, 5.74) is 5.51. The van der Waals surface area contributed by atoms with Gasteiger partial charge in [0.25, 0.3) is 0 Å². The lowest BCUT2D eigenvalue weighted by Gasteiger charge is -2.14. The third-order valence-corrected chi connectivity index (χ3v) is 6.73. The maximum Gasteiger partial charge on any atom is 0.0442 e. The summed E-state index contributed by atoms with van der Waals surface area (Å²) in [5.74, 6) is 0. The first-order valence-electron chi connectivity index (χ1n) is 10.8. The number of unbranched alkanes of at least 4 members (excludes halogenated alkanes) is 15. The summed E-state index contributed by atoms with van der Waals surface area (Å²) in [4.78, 5) is 0. The van der Waals surface area contributed by atoms with E-state index < -0.39 is 8.07 Å². The Morgan fingerprint density at radius 1 is 0.435 bits per heavy atom. The predicted octanol–water partition coefficient (Wildman–Crippen LogP) is 7.52. The Balaban J connectivity index is 3.00. The molecular weight excluding hydrogens is 294 g/mol. The van der Waals surface area contributed by atoms with Crippen LogP contribution in [0, 0.1) is 0 Å². The van der Waals surface area contributed by atoms with Crippen molar-refractivity contribution >= 4 is 8.07 Å². The molecule has 0 unspecified atom stereocenters. The molecule has 0 heterocycles. The van der Waals surface area contributed by atoms with Crippen molar-refractivity contribution in [1.82, 2.24) is 0 Å². The molecule has 0 aliphatic rings. The van der Waals surface area contributed by atoms with Crippen LogP contribution in [0.15, 0.2) is 0 Å². The lowest BCUT2D eigenvalue weighted by Crippen LogP contribution is -2.18. The Bertz CT molecular complexity index is 222. The molecule has 0 aromatic rings. The van der Waals surface area contributed by atoms with Gasteiger partial charge in [0.1, 0.15) is 0 Å². The van der Waals surface area contributed by atoms with Crippen molar-refractivity contribution in [2.24, 2.45) is 5.73 Å². The van der Waals surface area contributed by atoms with Gasteiger partial charge in [0.15, 0.2) is 0 Å². The molecule has 0 fully saturated rings. The van der Waals surface area contributed by atoms with Gasteiger partial charge in [-0.1, -0.05) is 122 Å². The quantitative estimate of drug-likeness (QED) is 0.202. The van der Waals surface area contributed by atoms with Crippen LogP contribution in [0.4, 0.5) is 0 Å². The Kier molecular flexibility index (Phi) is 17.1. The average Bonchev–Trinajstić information content (AvgIpc) is 2.49. The largest absolute Gasteiger partial charge is 0.330 e. The van der Waals surface area contributed by atoms with E-state index in [1.807, 2.05) is 0 Å². The summed E-state index contributed by atoms with van der Waals surface area (Å²) in [6.45, 7) is 8.36. The zero-order valence-corrected chi connectivity index (χ0v) is 17.8. The van der Waals surface area contributed by atoms with Gasteiger partial charge in [-0.3, -0.25) is 0 Å². The SMILES string of the molecule is C[Si](C)(C)CCCCCCCCCCCCCCCCCCN. The molecule has 0 atom stereocenters. The highest BCUT2D eigenvalue weighted by molar-refractivity contribution is 6.76. The van der Waals surface area contributed by atoms with Crippen LogP contribution in [0.1, 0.15) is 103 Å². The highest BCUT2D eigenvalue weighted by Gasteiger charge is 2.11. The van der Waals surface area contributed by atoms with Crippen molar-refractivity contribution in [2.75, 3.05) is 6.54 Å². The molecule has 2 N–H and O–H groups in total. The van der Waals surface area contributed by atoms with Crippen molar-refractivity contribution < 1.29 is 0 Å². The average molecular weight is 342 g/mol. The monoisotopic (exact) mass is 341 g/mol. The van der Waals surface area contributed by atoms with E-state index in [2.05, 4.69) is 19.6 Å². The molecule has 0 saturated heterocycles. The molecule has 1 nitrogen and oxygen atoms in total. The smallest absolute Gasteiger partial charge is 0.0442 e. The summed E-state index contributed by atoms with van der Waals surface area (Å²) < 4.78 is 0. The topological polar surface area (TPSA) is 26.0 Å². The number of hydrogen-bond donors (Lipinski definition) is 1. The van der Waals surface area contributed by atoms with Crippen LogP contribution >= 0.6 is 0 Å². The fourth-order valence-corrected chi connectivity index (χ4v) is 4.59. The van der Waals surface area contributed by atoms with Crippen LogP contribution in [-0.4, -0.2) is 14.6 Å². The summed E-state index contributed by atoms with van der Waals surface area (Å²) in [6, 6.07) is 1.53. The molecule has 0 amide bonds. The van der Waals surface area contributed by atoms with Gasteiger partial charge in [0, 0.05) is 8.07 Å². The van der Waals surface area contributed by atoms with Gasteiger partial charge in [-0.2, -0.15) is 0 Å². The normalized spacial score (nSPS) is 12.0. The number of hydrogen-bond acceptors (Lipinski definition) is 1. The fourth-order valence-electron chi connectivity index (χ4n) is 3.27. The van der Waals surface area contributed by atoms with E-state index in [0.717, 1.165) is 6.54 Å². The lowest BCUT2D eigenvalue weighted by atomic mass is 10.0. The van der Waals surface area contributed by atoms with E-state index in [1.165, 1.54) is 109 Å². The molecule has 23 heavy (non-hydrogen) atoms. The third kappa shape index (κ3) is 22.2. The molecule has 0 aliphatic heterocycles. The first-order valence-corrected chi connectivity index (χ1v) is 14.5. The van der Waals surface area contributed by atoms with Gasteiger partial charge in [-0.05, 0) is 13.0 Å². The maximum absolute atomic E-state index is 5.51. The second kappa shape index (κ2) is 17.0. The lowest BCUT2D eigenvalue weighted by molar-refractivity contribution is 0.530. The van der Waals surface area contributed by atoms with E-state index in [4.69, 9.17) is 5.73 Å². The van der Waals surface area contributed by atoms with Gasteiger partial charge in [-0.25, -0.2) is 0 Å². The van der Waals surface area contributed by atoms with Crippen molar-refractivity contribution in [3.63, 3.8) is 0 Å². The van der Waals surface area contributed by atoms with Crippen LogP contribution in [0.25, 0.3) is 0 Å². The Labute approximate surface area is 149 Å². The van der Waals surface area contributed by atoms with Gasteiger partial charge < -0.3 is 5.73 Å². The zero-order valence-electron chi connectivity index (χ0n) is 16.8. The van der Waals surface area contributed by atoms with E-state index >= 15 is 0 Å². The van der Waals surface area contributed by atoms with E-state index in [9.17, 15) is 0 Å². The van der Waals surface area contributed by atoms with Crippen LogP contribution in [0.3, 0.4) is 0 Å². The van der Waals surface area contributed by atoms with Crippen molar-refractivity contribution in [3.8, 4) is 0 Å². The zero-order chi connectivity index (χ0) is 17.2.